The Morgan fingerprint density at radius 3 is 1.72 bits per heavy atom. The standard InChI is InChI=1S/C19H32O6/c1-7-16(20)22-12-9-13-24-19(5,6)11-15-25-18(3,4)10-14-23-17(21)8-2/h7-8H,1-2,9-15H2,3-6H3. The second-order valence-electron chi connectivity index (χ2n) is 6.81. The van der Waals surface area contributed by atoms with Gasteiger partial charge in [-0.2, -0.15) is 0 Å². The molecule has 6 heteroatoms. The molecule has 0 saturated heterocycles. The first kappa shape index (κ1) is 23.3. The predicted molar refractivity (Wildman–Crippen MR) is 96.2 cm³/mol. The van der Waals surface area contributed by atoms with Gasteiger partial charge in [-0.25, -0.2) is 9.59 Å². The molecule has 0 aromatic heterocycles. The zero-order valence-electron chi connectivity index (χ0n) is 16.0. The molecule has 0 aliphatic carbocycles. The third-order valence-corrected chi connectivity index (χ3v) is 3.50. The third kappa shape index (κ3) is 13.3. The topological polar surface area (TPSA) is 71.1 Å². The van der Waals surface area contributed by atoms with Crippen molar-refractivity contribution in [3.05, 3.63) is 25.3 Å². The molecule has 0 atom stereocenters. The van der Waals surface area contributed by atoms with Crippen molar-refractivity contribution in [1.29, 1.82) is 0 Å². The molecule has 0 rings (SSSR count). The predicted octanol–water partition coefficient (Wildman–Crippen LogP) is 3.21. The Kier molecular flexibility index (Phi) is 11.0. The fraction of sp³-hybridized carbons (Fsp3) is 0.684. The highest BCUT2D eigenvalue weighted by molar-refractivity contribution is 5.81. The molecule has 0 radical (unpaired) electrons. The number of esters is 2. The van der Waals surface area contributed by atoms with Crippen molar-refractivity contribution in [2.45, 2.75) is 58.2 Å². The zero-order valence-corrected chi connectivity index (χ0v) is 16.0. The summed E-state index contributed by atoms with van der Waals surface area (Å²) in [6.07, 6.45) is 4.23. The molecule has 0 spiro atoms. The van der Waals surface area contributed by atoms with Crippen LogP contribution in [0.1, 0.15) is 47.0 Å². The molecule has 0 N–H and O–H groups in total. The van der Waals surface area contributed by atoms with Gasteiger partial charge in [-0.1, -0.05) is 13.2 Å². The van der Waals surface area contributed by atoms with Crippen molar-refractivity contribution in [3.63, 3.8) is 0 Å². The first-order chi connectivity index (χ1) is 11.6. The molecule has 0 saturated carbocycles. The summed E-state index contributed by atoms with van der Waals surface area (Å²) in [6.45, 7) is 16.2. The summed E-state index contributed by atoms with van der Waals surface area (Å²) in [5.74, 6) is -0.849. The summed E-state index contributed by atoms with van der Waals surface area (Å²) in [5.41, 5.74) is -0.732. The van der Waals surface area contributed by atoms with Crippen molar-refractivity contribution in [1.82, 2.24) is 0 Å². The molecule has 144 valence electrons. The van der Waals surface area contributed by atoms with Crippen LogP contribution in [0.15, 0.2) is 25.3 Å². The lowest BCUT2D eigenvalue weighted by atomic mass is 10.0. The Bertz CT molecular complexity index is 439. The second-order valence-corrected chi connectivity index (χ2v) is 6.81. The van der Waals surface area contributed by atoms with Crippen LogP contribution in [0.25, 0.3) is 0 Å². The smallest absolute Gasteiger partial charge is 0.330 e. The van der Waals surface area contributed by atoms with E-state index in [0.717, 1.165) is 18.6 Å². The van der Waals surface area contributed by atoms with E-state index >= 15 is 0 Å². The van der Waals surface area contributed by atoms with Crippen molar-refractivity contribution < 1.29 is 28.5 Å². The van der Waals surface area contributed by atoms with E-state index in [-0.39, 0.29) is 5.60 Å². The minimum absolute atomic E-state index is 0.293. The van der Waals surface area contributed by atoms with E-state index < -0.39 is 17.5 Å². The average Bonchev–Trinajstić information content (AvgIpc) is 2.53. The van der Waals surface area contributed by atoms with Crippen LogP contribution in [-0.4, -0.2) is 49.6 Å². The van der Waals surface area contributed by atoms with Crippen LogP contribution < -0.4 is 0 Å². The number of ether oxygens (including phenoxy) is 4. The van der Waals surface area contributed by atoms with Gasteiger partial charge in [-0.3, -0.25) is 0 Å². The highest BCUT2D eigenvalue weighted by Crippen LogP contribution is 2.19. The molecule has 0 aliphatic rings. The fourth-order valence-corrected chi connectivity index (χ4v) is 1.81. The van der Waals surface area contributed by atoms with E-state index in [1.807, 2.05) is 27.7 Å². The van der Waals surface area contributed by atoms with Gasteiger partial charge in [0.2, 0.25) is 0 Å². The van der Waals surface area contributed by atoms with E-state index in [1.165, 1.54) is 0 Å². The van der Waals surface area contributed by atoms with Gasteiger partial charge in [0.1, 0.15) is 0 Å². The van der Waals surface area contributed by atoms with Gasteiger partial charge in [0, 0.05) is 25.0 Å². The van der Waals surface area contributed by atoms with Crippen LogP contribution >= 0.6 is 0 Å². The lowest BCUT2D eigenvalue weighted by Gasteiger charge is -2.29. The molecule has 0 aromatic rings. The molecular formula is C19H32O6. The Balaban J connectivity index is 3.91. The fourth-order valence-electron chi connectivity index (χ4n) is 1.81. The van der Waals surface area contributed by atoms with Gasteiger partial charge in [0.05, 0.1) is 37.6 Å². The van der Waals surface area contributed by atoms with Crippen LogP contribution in [0.3, 0.4) is 0 Å². The number of rotatable bonds is 14. The van der Waals surface area contributed by atoms with E-state index in [0.29, 0.717) is 39.3 Å². The largest absolute Gasteiger partial charge is 0.462 e. The molecule has 0 aliphatic heterocycles. The van der Waals surface area contributed by atoms with Crippen LogP contribution in [0.5, 0.6) is 0 Å². The molecule has 25 heavy (non-hydrogen) atoms. The minimum Gasteiger partial charge on any atom is -0.462 e. The number of hydrogen-bond donors (Lipinski definition) is 0. The lowest BCUT2D eigenvalue weighted by Crippen LogP contribution is -2.32. The summed E-state index contributed by atoms with van der Waals surface area (Å²) in [4.78, 5) is 21.9. The Labute approximate surface area is 151 Å². The monoisotopic (exact) mass is 356 g/mol. The number of carbonyl (C=O) groups is 2. The van der Waals surface area contributed by atoms with Gasteiger partial charge in [-0.15, -0.1) is 0 Å². The van der Waals surface area contributed by atoms with Crippen LogP contribution in [-0.2, 0) is 28.5 Å². The van der Waals surface area contributed by atoms with Crippen LogP contribution in [0, 0.1) is 0 Å². The third-order valence-electron chi connectivity index (χ3n) is 3.50. The van der Waals surface area contributed by atoms with Gasteiger partial charge >= 0.3 is 11.9 Å². The average molecular weight is 356 g/mol. The van der Waals surface area contributed by atoms with Crippen molar-refractivity contribution in [3.8, 4) is 0 Å². The van der Waals surface area contributed by atoms with Gasteiger partial charge in [0.25, 0.3) is 0 Å². The summed E-state index contributed by atoms with van der Waals surface area (Å²) in [6, 6.07) is 0. The SMILES string of the molecule is C=CC(=O)OCCCOC(C)(C)CCOC(C)(C)CCOC(=O)C=C. The van der Waals surface area contributed by atoms with Crippen molar-refractivity contribution in [2.75, 3.05) is 26.4 Å². The highest BCUT2D eigenvalue weighted by atomic mass is 16.5. The van der Waals surface area contributed by atoms with Crippen molar-refractivity contribution in [2.24, 2.45) is 0 Å². The van der Waals surface area contributed by atoms with Gasteiger partial charge in [-0.05, 0) is 34.1 Å². The maximum Gasteiger partial charge on any atom is 0.330 e. The maximum atomic E-state index is 11.0. The molecule has 0 heterocycles. The summed E-state index contributed by atoms with van der Waals surface area (Å²) in [5, 5.41) is 0. The zero-order chi connectivity index (χ0) is 19.3. The van der Waals surface area contributed by atoms with Crippen LogP contribution in [0.4, 0.5) is 0 Å². The van der Waals surface area contributed by atoms with E-state index in [9.17, 15) is 9.59 Å². The van der Waals surface area contributed by atoms with E-state index in [2.05, 4.69) is 13.2 Å². The molecular weight excluding hydrogens is 324 g/mol. The van der Waals surface area contributed by atoms with E-state index in [4.69, 9.17) is 18.9 Å². The number of hydrogen-bond acceptors (Lipinski definition) is 6. The normalized spacial score (nSPS) is 11.7. The summed E-state index contributed by atoms with van der Waals surface area (Å²) < 4.78 is 21.5. The molecule has 0 amide bonds. The quantitative estimate of drug-likeness (QED) is 0.270. The second kappa shape index (κ2) is 11.8. The van der Waals surface area contributed by atoms with Gasteiger partial charge < -0.3 is 18.9 Å². The first-order valence-electron chi connectivity index (χ1n) is 8.48. The number of carbonyl (C=O) groups excluding carboxylic acids is 2. The molecule has 6 nitrogen and oxygen atoms in total. The molecule has 0 unspecified atom stereocenters. The Morgan fingerprint density at radius 2 is 1.20 bits per heavy atom. The van der Waals surface area contributed by atoms with E-state index in [1.54, 1.807) is 0 Å². The first-order valence-corrected chi connectivity index (χ1v) is 8.48. The summed E-state index contributed by atoms with van der Waals surface area (Å²) in [7, 11) is 0. The Hall–Kier alpha value is -1.66. The molecule has 0 bridgehead atoms. The highest BCUT2D eigenvalue weighted by Gasteiger charge is 2.23. The van der Waals surface area contributed by atoms with Gasteiger partial charge in [0.15, 0.2) is 0 Å². The van der Waals surface area contributed by atoms with Crippen molar-refractivity contribution >= 4 is 11.9 Å². The lowest BCUT2D eigenvalue weighted by molar-refractivity contribution is -0.140. The molecule has 0 fully saturated rings. The van der Waals surface area contributed by atoms with Crippen LogP contribution in [0.2, 0.25) is 0 Å². The maximum absolute atomic E-state index is 11.0. The minimum atomic E-state index is -0.427. The molecule has 0 aromatic carbocycles. The Morgan fingerprint density at radius 1 is 0.760 bits per heavy atom. The summed E-state index contributed by atoms with van der Waals surface area (Å²) >= 11 is 0.